The maximum Gasteiger partial charge on any atom is 0.355 e. The Morgan fingerprint density at radius 2 is 2.46 bits per heavy atom. The zero-order valence-corrected chi connectivity index (χ0v) is 8.50. The van der Waals surface area contributed by atoms with E-state index < -0.39 is 5.97 Å². The van der Waals surface area contributed by atoms with Crippen LogP contribution in [0.1, 0.15) is 16.3 Å². The van der Waals surface area contributed by atoms with Gasteiger partial charge in [-0.25, -0.2) is 14.8 Å². The molecule has 1 aromatic heterocycles. The highest BCUT2D eigenvalue weighted by Crippen LogP contribution is 2.12. The molecule has 5 nitrogen and oxygen atoms in total. The van der Waals surface area contributed by atoms with Crippen LogP contribution in [-0.4, -0.2) is 28.1 Å². The summed E-state index contributed by atoms with van der Waals surface area (Å²) in [5, 5.41) is 11.6. The molecule has 1 aromatic rings. The zero-order valence-electron chi connectivity index (χ0n) is 6.91. The van der Waals surface area contributed by atoms with E-state index in [1.807, 2.05) is 0 Å². The molecule has 0 radical (unpaired) electrons. The van der Waals surface area contributed by atoms with E-state index in [1.54, 1.807) is 7.05 Å². The highest BCUT2D eigenvalue weighted by atomic mass is 79.9. The van der Waals surface area contributed by atoms with Gasteiger partial charge in [0.1, 0.15) is 5.82 Å². The first-order chi connectivity index (χ1) is 6.15. The van der Waals surface area contributed by atoms with Crippen LogP contribution in [-0.2, 0) is 6.54 Å². The molecular weight excluding hydrogens is 238 g/mol. The number of hydrogen-bond donors (Lipinski definition) is 2. The van der Waals surface area contributed by atoms with Crippen molar-refractivity contribution in [3.05, 3.63) is 22.2 Å². The maximum atomic E-state index is 10.6. The average molecular weight is 246 g/mol. The minimum Gasteiger partial charge on any atom is -0.476 e. The standard InChI is InChI=1S/C7H8BrN3O2/c1-9-3-5-10-2-4(8)6(11-5)7(12)13/h2,9H,3H2,1H3,(H,12,13). The van der Waals surface area contributed by atoms with Gasteiger partial charge < -0.3 is 10.4 Å². The number of aromatic carboxylic acids is 1. The molecule has 6 heteroatoms. The number of nitrogens with one attached hydrogen (secondary N) is 1. The first-order valence-corrected chi connectivity index (χ1v) is 4.33. The van der Waals surface area contributed by atoms with E-state index in [1.165, 1.54) is 6.20 Å². The number of nitrogens with zero attached hydrogens (tertiary/aromatic N) is 2. The summed E-state index contributed by atoms with van der Waals surface area (Å²) in [6.45, 7) is 0.452. The van der Waals surface area contributed by atoms with E-state index in [0.717, 1.165) is 0 Å². The van der Waals surface area contributed by atoms with E-state index >= 15 is 0 Å². The van der Waals surface area contributed by atoms with Gasteiger partial charge in [-0.3, -0.25) is 0 Å². The summed E-state index contributed by atoms with van der Waals surface area (Å²) in [4.78, 5) is 18.4. The predicted molar refractivity (Wildman–Crippen MR) is 49.5 cm³/mol. The molecule has 0 atom stereocenters. The molecule has 1 rings (SSSR count). The number of carbonyl (C=O) groups is 1. The van der Waals surface area contributed by atoms with Crippen LogP contribution in [0, 0.1) is 0 Å². The molecular formula is C7H8BrN3O2. The van der Waals surface area contributed by atoms with Gasteiger partial charge in [-0.15, -0.1) is 0 Å². The smallest absolute Gasteiger partial charge is 0.355 e. The molecule has 0 amide bonds. The van der Waals surface area contributed by atoms with Crippen molar-refractivity contribution in [2.45, 2.75) is 6.54 Å². The summed E-state index contributed by atoms with van der Waals surface area (Å²) in [6, 6.07) is 0. The molecule has 2 N–H and O–H groups in total. The third-order valence-electron chi connectivity index (χ3n) is 1.33. The number of halogens is 1. The molecule has 0 aromatic carbocycles. The molecule has 0 aliphatic carbocycles. The van der Waals surface area contributed by atoms with Gasteiger partial charge in [0.25, 0.3) is 0 Å². The van der Waals surface area contributed by atoms with Gasteiger partial charge in [0.2, 0.25) is 0 Å². The van der Waals surface area contributed by atoms with E-state index in [9.17, 15) is 4.79 Å². The molecule has 0 fully saturated rings. The Morgan fingerprint density at radius 3 is 3.00 bits per heavy atom. The zero-order chi connectivity index (χ0) is 9.84. The summed E-state index contributed by atoms with van der Waals surface area (Å²) < 4.78 is 0.389. The average Bonchev–Trinajstić information content (AvgIpc) is 2.08. The van der Waals surface area contributed by atoms with Crippen LogP contribution in [0.3, 0.4) is 0 Å². The molecule has 1 heterocycles. The van der Waals surface area contributed by atoms with Gasteiger partial charge in [-0.2, -0.15) is 0 Å². The quantitative estimate of drug-likeness (QED) is 0.819. The lowest BCUT2D eigenvalue weighted by atomic mass is 10.4. The summed E-state index contributed by atoms with van der Waals surface area (Å²) in [5.41, 5.74) is -0.0137. The fourth-order valence-electron chi connectivity index (χ4n) is 0.797. The van der Waals surface area contributed by atoms with Crippen LogP contribution in [0.25, 0.3) is 0 Å². The van der Waals surface area contributed by atoms with Gasteiger partial charge in [0.15, 0.2) is 5.69 Å². The number of aromatic nitrogens is 2. The van der Waals surface area contributed by atoms with Crippen LogP contribution in [0.5, 0.6) is 0 Å². The second kappa shape index (κ2) is 4.29. The fraction of sp³-hybridized carbons (Fsp3) is 0.286. The van der Waals surface area contributed by atoms with Crippen molar-refractivity contribution >= 4 is 21.9 Å². The Morgan fingerprint density at radius 1 is 1.77 bits per heavy atom. The topological polar surface area (TPSA) is 75.1 Å². The third kappa shape index (κ3) is 2.46. The van der Waals surface area contributed by atoms with Crippen LogP contribution >= 0.6 is 15.9 Å². The monoisotopic (exact) mass is 245 g/mol. The van der Waals surface area contributed by atoms with Crippen molar-refractivity contribution in [3.8, 4) is 0 Å². The molecule has 0 saturated carbocycles. The summed E-state index contributed by atoms with van der Waals surface area (Å²) in [5.74, 6) is -0.602. The number of hydrogen-bond acceptors (Lipinski definition) is 4. The molecule has 13 heavy (non-hydrogen) atoms. The van der Waals surface area contributed by atoms with E-state index in [2.05, 4.69) is 31.2 Å². The number of carboxylic acid groups (broad SMARTS) is 1. The normalized spacial score (nSPS) is 10.0. The SMILES string of the molecule is CNCc1ncc(Br)c(C(=O)O)n1. The van der Waals surface area contributed by atoms with Crippen molar-refractivity contribution in [2.24, 2.45) is 0 Å². The van der Waals surface area contributed by atoms with Crippen molar-refractivity contribution in [3.63, 3.8) is 0 Å². The first kappa shape index (κ1) is 10.1. The number of carboxylic acids is 1. The Bertz CT molecular complexity index is 330. The molecule has 0 aliphatic heterocycles. The Balaban J connectivity index is 3.04. The lowest BCUT2D eigenvalue weighted by Gasteiger charge is -2.01. The number of rotatable bonds is 3. The lowest BCUT2D eigenvalue weighted by Crippen LogP contribution is -2.12. The third-order valence-corrected chi connectivity index (χ3v) is 1.91. The van der Waals surface area contributed by atoms with Crippen molar-refractivity contribution in [1.29, 1.82) is 0 Å². The highest BCUT2D eigenvalue weighted by Gasteiger charge is 2.11. The van der Waals surface area contributed by atoms with Crippen molar-refractivity contribution in [1.82, 2.24) is 15.3 Å². The van der Waals surface area contributed by atoms with Gasteiger partial charge in [-0.1, -0.05) is 0 Å². The Kier molecular flexibility index (Phi) is 3.32. The molecule has 70 valence electrons. The lowest BCUT2D eigenvalue weighted by molar-refractivity contribution is 0.0688. The van der Waals surface area contributed by atoms with Crippen molar-refractivity contribution < 1.29 is 9.90 Å². The molecule has 0 aliphatic rings. The fourth-order valence-corrected chi connectivity index (χ4v) is 1.16. The van der Waals surface area contributed by atoms with Gasteiger partial charge in [0.05, 0.1) is 11.0 Å². The molecule has 0 saturated heterocycles. The van der Waals surface area contributed by atoms with Gasteiger partial charge in [0, 0.05) is 6.20 Å². The van der Waals surface area contributed by atoms with Gasteiger partial charge >= 0.3 is 5.97 Å². The molecule has 0 bridgehead atoms. The van der Waals surface area contributed by atoms with E-state index in [0.29, 0.717) is 16.8 Å². The van der Waals surface area contributed by atoms with Crippen LogP contribution in [0.4, 0.5) is 0 Å². The van der Waals surface area contributed by atoms with E-state index in [4.69, 9.17) is 5.11 Å². The summed E-state index contributed by atoms with van der Waals surface area (Å²) >= 11 is 3.06. The minimum absolute atomic E-state index is 0.0137. The summed E-state index contributed by atoms with van der Waals surface area (Å²) in [6.07, 6.45) is 1.43. The van der Waals surface area contributed by atoms with Crippen LogP contribution < -0.4 is 5.32 Å². The van der Waals surface area contributed by atoms with Crippen LogP contribution in [0.2, 0.25) is 0 Å². The second-order valence-corrected chi connectivity index (χ2v) is 3.17. The Hall–Kier alpha value is -1.01. The van der Waals surface area contributed by atoms with E-state index in [-0.39, 0.29) is 5.69 Å². The summed E-state index contributed by atoms with van der Waals surface area (Å²) in [7, 11) is 1.74. The molecule has 0 spiro atoms. The largest absolute Gasteiger partial charge is 0.476 e. The van der Waals surface area contributed by atoms with Crippen LogP contribution in [0.15, 0.2) is 10.7 Å². The predicted octanol–water partition coefficient (Wildman–Crippen LogP) is 0.657. The van der Waals surface area contributed by atoms with Gasteiger partial charge in [-0.05, 0) is 23.0 Å². The maximum absolute atomic E-state index is 10.6. The second-order valence-electron chi connectivity index (χ2n) is 2.32. The molecule has 0 unspecified atom stereocenters. The Labute approximate surface area is 83.3 Å². The first-order valence-electron chi connectivity index (χ1n) is 3.54. The van der Waals surface area contributed by atoms with Crippen molar-refractivity contribution in [2.75, 3.05) is 7.05 Å². The highest BCUT2D eigenvalue weighted by molar-refractivity contribution is 9.10. The minimum atomic E-state index is -1.06.